The summed E-state index contributed by atoms with van der Waals surface area (Å²) in [4.78, 5) is 9.30. The Morgan fingerprint density at radius 1 is 1.15 bits per heavy atom. The van der Waals surface area contributed by atoms with Crippen LogP contribution in [0.4, 0.5) is 5.95 Å². The molecular weight excluding hydrogens is 398 g/mol. The highest BCUT2D eigenvalue weighted by molar-refractivity contribution is 9.10. The third kappa shape index (κ3) is 2.40. The highest BCUT2D eigenvalue weighted by atomic mass is 79.9. The van der Waals surface area contributed by atoms with Crippen LogP contribution in [0.2, 0.25) is 0 Å². The minimum Gasteiger partial charge on any atom is -0.489 e. The lowest BCUT2D eigenvalue weighted by Gasteiger charge is -2.24. The van der Waals surface area contributed by atoms with E-state index in [4.69, 9.17) is 15.2 Å². The summed E-state index contributed by atoms with van der Waals surface area (Å²) in [6.07, 6.45) is 0.538. The van der Waals surface area contributed by atoms with Gasteiger partial charge < -0.3 is 15.2 Å². The normalized spacial score (nSPS) is 18.7. The maximum atomic E-state index is 6.01. The number of halogens is 1. The molecule has 0 unspecified atom stereocenters. The van der Waals surface area contributed by atoms with Crippen molar-refractivity contribution in [2.75, 3.05) is 18.5 Å². The third-order valence-electron chi connectivity index (χ3n) is 4.49. The molecule has 26 heavy (non-hydrogen) atoms. The molecule has 1 aromatic heterocycles. The molecule has 8 heteroatoms. The minimum atomic E-state index is -0.323. The molecule has 132 valence electrons. The summed E-state index contributed by atoms with van der Waals surface area (Å²) in [7, 11) is 0. The Labute approximate surface area is 158 Å². The molecule has 2 aliphatic heterocycles. The number of aliphatic imine (C=N–C) groups is 1. The van der Waals surface area contributed by atoms with Crippen LogP contribution in [-0.4, -0.2) is 28.7 Å². The molecule has 2 aliphatic rings. The van der Waals surface area contributed by atoms with E-state index in [0.29, 0.717) is 25.1 Å². The molecule has 0 fully saturated rings. The molecule has 1 atom stereocenters. The predicted octanol–water partition coefficient (Wildman–Crippen LogP) is 3.25. The lowest BCUT2D eigenvalue weighted by molar-refractivity contribution is 0.297. The first-order valence-corrected chi connectivity index (χ1v) is 9.16. The molecule has 7 nitrogen and oxygen atoms in total. The predicted molar refractivity (Wildman–Crippen MR) is 103 cm³/mol. The Hall–Kier alpha value is -2.74. The molecule has 0 radical (unpaired) electrons. The SMILES string of the molecule is NC1=N[C@H](c2ccccc2Br)n2c(nc3cc4c(cc32)OCCCO4)N1. The number of nitrogens with zero attached hydrogens (tertiary/aromatic N) is 3. The lowest BCUT2D eigenvalue weighted by Crippen LogP contribution is -2.31. The number of rotatable bonds is 1. The van der Waals surface area contributed by atoms with Crippen LogP contribution in [0.15, 0.2) is 45.9 Å². The molecule has 0 amide bonds. The quantitative estimate of drug-likeness (QED) is 0.639. The first-order chi connectivity index (χ1) is 12.7. The first-order valence-electron chi connectivity index (χ1n) is 8.37. The number of hydrogen-bond acceptors (Lipinski definition) is 6. The van der Waals surface area contributed by atoms with Gasteiger partial charge in [0.2, 0.25) is 5.95 Å². The molecule has 2 aromatic carbocycles. The summed E-state index contributed by atoms with van der Waals surface area (Å²) in [5.41, 5.74) is 8.73. The molecule has 3 heterocycles. The Balaban J connectivity index is 1.74. The third-order valence-corrected chi connectivity index (χ3v) is 5.21. The second-order valence-corrected chi connectivity index (χ2v) is 7.03. The molecule has 0 spiro atoms. The summed E-state index contributed by atoms with van der Waals surface area (Å²) in [6.45, 7) is 1.27. The summed E-state index contributed by atoms with van der Waals surface area (Å²) in [5, 5.41) is 3.05. The number of nitrogens with one attached hydrogen (secondary N) is 1. The van der Waals surface area contributed by atoms with Crippen molar-refractivity contribution in [3.63, 3.8) is 0 Å². The van der Waals surface area contributed by atoms with Crippen molar-refractivity contribution in [1.82, 2.24) is 9.55 Å². The summed E-state index contributed by atoms with van der Waals surface area (Å²) in [5.74, 6) is 2.43. The Morgan fingerprint density at radius 3 is 2.73 bits per heavy atom. The summed E-state index contributed by atoms with van der Waals surface area (Å²) in [6, 6.07) is 11.8. The van der Waals surface area contributed by atoms with Gasteiger partial charge in [-0.3, -0.25) is 9.88 Å². The van der Waals surface area contributed by atoms with Gasteiger partial charge in [0.1, 0.15) is 0 Å². The maximum Gasteiger partial charge on any atom is 0.212 e. The van der Waals surface area contributed by atoms with Gasteiger partial charge in [-0.15, -0.1) is 0 Å². The van der Waals surface area contributed by atoms with Crippen molar-refractivity contribution in [2.45, 2.75) is 12.6 Å². The molecule has 0 saturated heterocycles. The van der Waals surface area contributed by atoms with Crippen LogP contribution in [0.1, 0.15) is 18.2 Å². The number of aromatic nitrogens is 2. The minimum absolute atomic E-state index is 0.323. The largest absolute Gasteiger partial charge is 0.489 e. The van der Waals surface area contributed by atoms with Crippen LogP contribution in [-0.2, 0) is 0 Å². The van der Waals surface area contributed by atoms with E-state index >= 15 is 0 Å². The smallest absolute Gasteiger partial charge is 0.212 e. The van der Waals surface area contributed by atoms with Crippen molar-refractivity contribution in [3.05, 3.63) is 46.4 Å². The van der Waals surface area contributed by atoms with Crippen molar-refractivity contribution >= 4 is 38.9 Å². The zero-order valence-electron chi connectivity index (χ0n) is 13.8. The van der Waals surface area contributed by atoms with E-state index in [-0.39, 0.29) is 6.17 Å². The zero-order valence-corrected chi connectivity index (χ0v) is 15.4. The number of fused-ring (bicyclic) bond motifs is 4. The summed E-state index contributed by atoms with van der Waals surface area (Å²) >= 11 is 3.62. The van der Waals surface area contributed by atoms with Crippen LogP contribution in [0.3, 0.4) is 0 Å². The van der Waals surface area contributed by atoms with Gasteiger partial charge >= 0.3 is 0 Å². The van der Waals surface area contributed by atoms with Gasteiger partial charge in [-0.05, 0) is 6.07 Å². The van der Waals surface area contributed by atoms with Gasteiger partial charge in [-0.2, -0.15) is 0 Å². The monoisotopic (exact) mass is 413 g/mol. The van der Waals surface area contributed by atoms with E-state index in [9.17, 15) is 0 Å². The number of anilines is 1. The van der Waals surface area contributed by atoms with Gasteiger partial charge in [-0.1, -0.05) is 34.1 Å². The molecule has 0 saturated carbocycles. The second kappa shape index (κ2) is 5.91. The van der Waals surface area contributed by atoms with Gasteiger partial charge in [0.05, 0.1) is 24.2 Å². The molecule has 3 N–H and O–H groups in total. The second-order valence-electron chi connectivity index (χ2n) is 6.18. The number of benzene rings is 2. The average Bonchev–Trinajstić information content (AvgIpc) is 2.81. The van der Waals surface area contributed by atoms with Gasteiger partial charge in [-0.25, -0.2) is 9.98 Å². The Bertz CT molecular complexity index is 1050. The first kappa shape index (κ1) is 15.5. The fourth-order valence-electron chi connectivity index (χ4n) is 3.32. The van der Waals surface area contributed by atoms with Crippen molar-refractivity contribution < 1.29 is 9.47 Å². The van der Waals surface area contributed by atoms with Crippen molar-refractivity contribution in [1.29, 1.82) is 0 Å². The van der Waals surface area contributed by atoms with Crippen LogP contribution in [0.5, 0.6) is 11.5 Å². The summed E-state index contributed by atoms with van der Waals surface area (Å²) < 4.78 is 14.6. The Kier molecular flexibility index (Phi) is 3.53. The van der Waals surface area contributed by atoms with E-state index in [2.05, 4.69) is 31.2 Å². The van der Waals surface area contributed by atoms with Gasteiger partial charge in [0.15, 0.2) is 23.6 Å². The molecule has 3 aromatic rings. The number of ether oxygens (including phenoxy) is 2. The molecule has 0 bridgehead atoms. The maximum absolute atomic E-state index is 6.01. The lowest BCUT2D eigenvalue weighted by atomic mass is 10.1. The van der Waals surface area contributed by atoms with E-state index < -0.39 is 0 Å². The molecular formula is C18H16BrN5O2. The van der Waals surface area contributed by atoms with E-state index in [1.54, 1.807) is 0 Å². The topological polar surface area (TPSA) is 86.7 Å². The number of guanidine groups is 1. The van der Waals surface area contributed by atoms with Crippen LogP contribution < -0.4 is 20.5 Å². The van der Waals surface area contributed by atoms with Gasteiger partial charge in [0.25, 0.3) is 0 Å². The number of nitrogens with two attached hydrogens (primary N) is 1. The average molecular weight is 414 g/mol. The highest BCUT2D eigenvalue weighted by Gasteiger charge is 2.27. The zero-order chi connectivity index (χ0) is 17.7. The number of hydrogen-bond donors (Lipinski definition) is 2. The molecule has 5 rings (SSSR count). The van der Waals surface area contributed by atoms with E-state index in [0.717, 1.165) is 39.0 Å². The van der Waals surface area contributed by atoms with Crippen LogP contribution >= 0.6 is 15.9 Å². The van der Waals surface area contributed by atoms with Crippen molar-refractivity contribution in [3.8, 4) is 11.5 Å². The van der Waals surface area contributed by atoms with E-state index in [1.165, 1.54) is 0 Å². The fourth-order valence-corrected chi connectivity index (χ4v) is 3.81. The molecule has 0 aliphatic carbocycles. The van der Waals surface area contributed by atoms with Crippen molar-refractivity contribution in [2.24, 2.45) is 10.7 Å². The van der Waals surface area contributed by atoms with Crippen LogP contribution in [0, 0.1) is 0 Å². The standard InChI is InChI=1S/C18H16BrN5O2/c19-11-5-2-1-4-10(11)16-22-17(20)23-18-21-12-8-14-15(9-13(12)24(16)18)26-7-3-6-25-14/h1-2,4-5,8-9,16H,3,6-7H2,(H3,20,21,22,23)/t16-/m0/s1. The number of imidazole rings is 1. The highest BCUT2D eigenvalue weighted by Crippen LogP contribution is 2.40. The van der Waals surface area contributed by atoms with E-state index in [1.807, 2.05) is 41.0 Å². The van der Waals surface area contributed by atoms with Crippen LogP contribution in [0.25, 0.3) is 11.0 Å². The van der Waals surface area contributed by atoms with Gasteiger partial charge in [0, 0.05) is 28.6 Å². The Morgan fingerprint density at radius 2 is 1.92 bits per heavy atom. The fraction of sp³-hybridized carbons (Fsp3) is 0.222.